The number of nitrogens with two attached hydrogens (primary N) is 1. The van der Waals surface area contributed by atoms with E-state index < -0.39 is 46.0 Å². The van der Waals surface area contributed by atoms with Crippen molar-refractivity contribution in [2.24, 2.45) is 16.3 Å². The normalized spacial score (nSPS) is 19.8. The van der Waals surface area contributed by atoms with Crippen LogP contribution in [0.25, 0.3) is 0 Å². The average Bonchev–Trinajstić information content (AvgIpc) is 3.21. The number of amides is 3. The second-order valence-electron chi connectivity index (χ2n) is 12.6. The summed E-state index contributed by atoms with van der Waals surface area (Å²) >= 11 is 0. The number of carbonyl (C=O) groups excluding carboxylic acids is 3. The van der Waals surface area contributed by atoms with Gasteiger partial charge in [0, 0.05) is 19.5 Å². The molecule has 0 unspecified atom stereocenters. The van der Waals surface area contributed by atoms with Crippen molar-refractivity contribution in [2.45, 2.75) is 71.2 Å². The number of carbonyl (C=O) groups is 3. The summed E-state index contributed by atoms with van der Waals surface area (Å²) in [5, 5.41) is 8.94. The lowest BCUT2D eigenvalue weighted by molar-refractivity contribution is -0.146. The molecule has 3 N–H and O–H groups in total. The lowest BCUT2D eigenvalue weighted by Gasteiger charge is -2.41. The largest absolute Gasteiger partial charge is 0.374 e. The van der Waals surface area contributed by atoms with E-state index in [0.29, 0.717) is 24.9 Å². The van der Waals surface area contributed by atoms with Crippen LogP contribution in [0.15, 0.2) is 53.6 Å². The molecular weight excluding hydrogens is 544 g/mol. The number of benzene rings is 2. The van der Waals surface area contributed by atoms with Crippen molar-refractivity contribution in [3.63, 3.8) is 0 Å². The topological polar surface area (TPSA) is 117 Å². The number of piperidine rings is 1. The van der Waals surface area contributed by atoms with Gasteiger partial charge in [-0.3, -0.25) is 14.4 Å². The van der Waals surface area contributed by atoms with Crippen molar-refractivity contribution in [3.05, 3.63) is 71.3 Å². The maximum Gasteiger partial charge on any atom is 0.257 e. The van der Waals surface area contributed by atoms with Gasteiger partial charge in [-0.2, -0.15) is 5.10 Å². The van der Waals surface area contributed by atoms with Gasteiger partial charge < -0.3 is 20.7 Å². The number of hydrogen-bond acceptors (Lipinski definition) is 6. The number of hydrogen-bond donors (Lipinski definition) is 2. The highest BCUT2D eigenvalue weighted by molar-refractivity contribution is 6.14. The summed E-state index contributed by atoms with van der Waals surface area (Å²) < 4.78 is 32.7. The molecule has 2 aliphatic heterocycles. The third kappa shape index (κ3) is 6.68. The molecule has 2 aliphatic rings. The van der Waals surface area contributed by atoms with Crippen molar-refractivity contribution in [1.82, 2.24) is 15.2 Å². The van der Waals surface area contributed by atoms with Crippen LogP contribution in [0.4, 0.5) is 8.78 Å². The Labute approximate surface area is 245 Å². The third-order valence-electron chi connectivity index (χ3n) is 7.48. The standard InChI is InChI=1S/C31H39F2N5O4/c1-29(2,3)38-28(41)31(16-20-9-7-6-8-10-20)19-37(14-13-25(31)36-38)26(39)24(35-27(40)30(4,5)34)18-42-17-21-11-12-22(32)23(33)15-21/h6-12,15,24H,13-14,16-19,34H2,1-5H3,(H,35,40)/t24-,31-/m1/s1. The van der Waals surface area contributed by atoms with Crippen LogP contribution in [0, 0.1) is 17.0 Å². The molecule has 0 bridgehead atoms. The van der Waals surface area contributed by atoms with Gasteiger partial charge in [-0.1, -0.05) is 36.4 Å². The number of fused-ring (bicyclic) bond motifs is 1. The Bertz CT molecular complexity index is 1370. The van der Waals surface area contributed by atoms with Crippen LogP contribution in [0.3, 0.4) is 0 Å². The Hall–Kier alpha value is -3.70. The summed E-state index contributed by atoms with van der Waals surface area (Å²) in [7, 11) is 0. The van der Waals surface area contributed by atoms with Crippen LogP contribution in [-0.4, -0.2) is 70.2 Å². The van der Waals surface area contributed by atoms with Crippen molar-refractivity contribution in [2.75, 3.05) is 19.7 Å². The minimum atomic E-state index is -1.27. The zero-order chi connectivity index (χ0) is 30.9. The van der Waals surface area contributed by atoms with E-state index in [0.717, 1.165) is 23.4 Å². The summed E-state index contributed by atoms with van der Waals surface area (Å²) in [6.07, 6.45) is 0.747. The first-order valence-corrected chi connectivity index (χ1v) is 14.0. The van der Waals surface area contributed by atoms with Crippen LogP contribution in [0.1, 0.15) is 52.2 Å². The van der Waals surface area contributed by atoms with Crippen LogP contribution >= 0.6 is 0 Å². The van der Waals surface area contributed by atoms with E-state index in [1.807, 2.05) is 51.1 Å². The lowest BCUT2D eigenvalue weighted by Crippen LogP contribution is -2.62. The second kappa shape index (κ2) is 11.9. The molecule has 2 aromatic rings. The van der Waals surface area contributed by atoms with E-state index in [4.69, 9.17) is 15.6 Å². The Morgan fingerprint density at radius 1 is 1.07 bits per heavy atom. The molecule has 226 valence electrons. The fraction of sp³-hybridized carbons (Fsp3) is 0.484. The van der Waals surface area contributed by atoms with E-state index >= 15 is 0 Å². The number of likely N-dealkylation sites (tertiary alicyclic amines) is 1. The average molecular weight is 584 g/mol. The molecular formula is C31H39F2N5O4. The summed E-state index contributed by atoms with van der Waals surface area (Å²) in [6, 6.07) is 11.8. The van der Waals surface area contributed by atoms with Gasteiger partial charge in [0.25, 0.3) is 5.91 Å². The molecule has 0 aliphatic carbocycles. The molecule has 42 heavy (non-hydrogen) atoms. The zero-order valence-corrected chi connectivity index (χ0v) is 24.7. The highest BCUT2D eigenvalue weighted by Crippen LogP contribution is 2.41. The highest BCUT2D eigenvalue weighted by Gasteiger charge is 2.56. The van der Waals surface area contributed by atoms with Gasteiger partial charge in [-0.15, -0.1) is 0 Å². The predicted octanol–water partition coefficient (Wildman–Crippen LogP) is 3.16. The molecule has 2 atom stereocenters. The number of halogens is 2. The number of nitrogens with one attached hydrogen (secondary N) is 1. The monoisotopic (exact) mass is 583 g/mol. The van der Waals surface area contributed by atoms with Crippen LogP contribution in [0.2, 0.25) is 0 Å². The highest BCUT2D eigenvalue weighted by atomic mass is 19.2. The fourth-order valence-corrected chi connectivity index (χ4v) is 5.17. The van der Waals surface area contributed by atoms with Crippen molar-refractivity contribution in [1.29, 1.82) is 0 Å². The summed E-state index contributed by atoms with van der Waals surface area (Å²) in [4.78, 5) is 42.4. The molecule has 2 aromatic carbocycles. The van der Waals surface area contributed by atoms with Gasteiger partial charge in [0.1, 0.15) is 11.5 Å². The van der Waals surface area contributed by atoms with E-state index in [1.165, 1.54) is 24.9 Å². The Kier molecular flexibility index (Phi) is 8.84. The maximum atomic E-state index is 14.0. The van der Waals surface area contributed by atoms with Gasteiger partial charge in [-0.05, 0) is 64.3 Å². The Morgan fingerprint density at radius 3 is 2.38 bits per heavy atom. The van der Waals surface area contributed by atoms with E-state index in [2.05, 4.69) is 5.32 Å². The molecule has 0 aromatic heterocycles. The molecule has 1 saturated heterocycles. The van der Waals surface area contributed by atoms with Crippen LogP contribution in [-0.2, 0) is 32.1 Å². The molecule has 0 radical (unpaired) electrons. The fourth-order valence-electron chi connectivity index (χ4n) is 5.17. The minimum Gasteiger partial charge on any atom is -0.374 e. The van der Waals surface area contributed by atoms with Gasteiger partial charge in [0.15, 0.2) is 11.6 Å². The first-order valence-electron chi connectivity index (χ1n) is 14.0. The van der Waals surface area contributed by atoms with Crippen molar-refractivity contribution in [3.8, 4) is 0 Å². The number of rotatable bonds is 9. The van der Waals surface area contributed by atoms with Gasteiger partial charge >= 0.3 is 0 Å². The summed E-state index contributed by atoms with van der Waals surface area (Å²) in [6.45, 7) is 8.78. The van der Waals surface area contributed by atoms with E-state index in [-0.39, 0.29) is 25.7 Å². The minimum absolute atomic E-state index is 0.0759. The molecule has 0 spiro atoms. The van der Waals surface area contributed by atoms with E-state index in [9.17, 15) is 23.2 Å². The maximum absolute atomic E-state index is 14.0. The van der Waals surface area contributed by atoms with Gasteiger partial charge in [0.2, 0.25) is 11.8 Å². The Balaban J connectivity index is 1.59. The lowest BCUT2D eigenvalue weighted by atomic mass is 9.73. The van der Waals surface area contributed by atoms with Gasteiger partial charge in [0.05, 0.1) is 30.0 Å². The quantitative estimate of drug-likeness (QED) is 0.471. The predicted molar refractivity (Wildman–Crippen MR) is 154 cm³/mol. The van der Waals surface area contributed by atoms with Crippen molar-refractivity contribution >= 4 is 23.4 Å². The SMILES string of the molecule is CC(C)(N)C(=O)N[C@H](COCc1ccc(F)c(F)c1)C(=O)N1CCC2=NN(C(C)(C)C)C(=O)[C@]2(Cc2ccccc2)C1. The first-order chi connectivity index (χ1) is 19.6. The number of hydrazone groups is 1. The Morgan fingerprint density at radius 2 is 1.76 bits per heavy atom. The second-order valence-corrected chi connectivity index (χ2v) is 12.6. The molecule has 1 fully saturated rings. The summed E-state index contributed by atoms with van der Waals surface area (Å²) in [5.41, 5.74) is 5.13. The smallest absolute Gasteiger partial charge is 0.257 e. The molecule has 11 heteroatoms. The molecule has 3 amide bonds. The van der Waals surface area contributed by atoms with Gasteiger partial charge in [-0.25, -0.2) is 13.8 Å². The van der Waals surface area contributed by atoms with Crippen LogP contribution in [0.5, 0.6) is 0 Å². The molecule has 0 saturated carbocycles. The van der Waals surface area contributed by atoms with E-state index in [1.54, 1.807) is 4.90 Å². The first kappa shape index (κ1) is 31.2. The molecule has 4 rings (SSSR count). The molecule has 9 nitrogen and oxygen atoms in total. The zero-order valence-electron chi connectivity index (χ0n) is 24.7. The van der Waals surface area contributed by atoms with Crippen LogP contribution < -0.4 is 11.1 Å². The van der Waals surface area contributed by atoms with Crippen molar-refractivity contribution < 1.29 is 27.9 Å². The number of nitrogens with zero attached hydrogens (tertiary/aromatic N) is 3. The molecule has 2 heterocycles. The third-order valence-corrected chi connectivity index (χ3v) is 7.48. The number of ether oxygens (including phenoxy) is 1. The summed E-state index contributed by atoms with van der Waals surface area (Å²) in [5.74, 6) is -3.17.